The normalized spacial score (nSPS) is 41.3. The molecule has 1 saturated heterocycles. The molecule has 2 bridgehead atoms. The Morgan fingerprint density at radius 3 is 2.71 bits per heavy atom. The summed E-state index contributed by atoms with van der Waals surface area (Å²) in [6.07, 6.45) is 9.20. The molecule has 1 heterocycles. The predicted molar refractivity (Wildman–Crippen MR) is 82.9 cm³/mol. The number of rotatable bonds is 5. The van der Waals surface area contributed by atoms with Crippen LogP contribution in [-0.4, -0.2) is 30.7 Å². The zero-order valence-electron chi connectivity index (χ0n) is 13.7. The van der Waals surface area contributed by atoms with Gasteiger partial charge in [-0.1, -0.05) is 32.4 Å². The highest BCUT2D eigenvalue weighted by atomic mass is 16.7. The molecule has 3 heteroatoms. The van der Waals surface area contributed by atoms with Gasteiger partial charge in [-0.25, -0.2) is 0 Å². The van der Waals surface area contributed by atoms with Gasteiger partial charge in [0.2, 0.25) is 0 Å². The molecule has 2 aliphatic carbocycles. The molecule has 0 amide bonds. The minimum absolute atomic E-state index is 0.00465. The molecule has 1 unspecified atom stereocenters. The highest BCUT2D eigenvalue weighted by molar-refractivity contribution is 5.33. The van der Waals surface area contributed by atoms with Crippen LogP contribution in [0.2, 0.25) is 0 Å². The summed E-state index contributed by atoms with van der Waals surface area (Å²) >= 11 is 0. The first kappa shape index (κ1) is 15.5. The van der Waals surface area contributed by atoms with Crippen LogP contribution in [0.3, 0.4) is 0 Å². The van der Waals surface area contributed by atoms with Gasteiger partial charge in [0.05, 0.1) is 6.10 Å². The van der Waals surface area contributed by atoms with E-state index in [1.165, 1.54) is 12.8 Å². The van der Waals surface area contributed by atoms with Crippen molar-refractivity contribution in [3.8, 4) is 0 Å². The summed E-state index contributed by atoms with van der Waals surface area (Å²) in [5, 5.41) is 9.09. The summed E-state index contributed by atoms with van der Waals surface area (Å²) in [4.78, 5) is 0. The van der Waals surface area contributed by atoms with Crippen LogP contribution in [0.5, 0.6) is 0 Å². The molecule has 3 nitrogen and oxygen atoms in total. The standard InChI is InChI=1S/C18H30O3/c1-17(2)14-11-15(21-16-8-4-5-10-20-16)18(17,3)12-13(14)7-6-9-19/h12,14-16,19H,4-11H2,1-3H3/t14-,15-,16?,18-/m1/s1. The molecule has 0 radical (unpaired) electrons. The maximum Gasteiger partial charge on any atom is 0.157 e. The Bertz CT molecular complexity index is 409. The van der Waals surface area contributed by atoms with Crippen LogP contribution in [0, 0.1) is 16.7 Å². The van der Waals surface area contributed by atoms with Gasteiger partial charge >= 0.3 is 0 Å². The van der Waals surface area contributed by atoms with Crippen LogP contribution in [-0.2, 0) is 9.47 Å². The minimum atomic E-state index is 0.00465. The number of aliphatic hydroxyl groups is 1. The van der Waals surface area contributed by atoms with Gasteiger partial charge in [0, 0.05) is 18.6 Å². The summed E-state index contributed by atoms with van der Waals surface area (Å²) in [5.41, 5.74) is 1.89. The number of hydrogen-bond acceptors (Lipinski definition) is 3. The molecule has 21 heavy (non-hydrogen) atoms. The van der Waals surface area contributed by atoms with Crippen LogP contribution in [0.1, 0.15) is 59.3 Å². The number of hydrogen-bond donors (Lipinski definition) is 1. The maximum atomic E-state index is 9.09. The zero-order chi connectivity index (χ0) is 15.1. The van der Waals surface area contributed by atoms with E-state index < -0.39 is 0 Å². The molecule has 1 aliphatic heterocycles. The van der Waals surface area contributed by atoms with Gasteiger partial charge in [-0.15, -0.1) is 0 Å². The molecule has 3 rings (SSSR count). The molecule has 0 spiro atoms. The topological polar surface area (TPSA) is 38.7 Å². The summed E-state index contributed by atoms with van der Waals surface area (Å²) in [7, 11) is 0. The van der Waals surface area contributed by atoms with Crippen LogP contribution in [0.15, 0.2) is 11.6 Å². The first-order valence-corrected chi connectivity index (χ1v) is 8.58. The lowest BCUT2D eigenvalue weighted by Gasteiger charge is -2.39. The third kappa shape index (κ3) is 2.47. The Balaban J connectivity index is 1.72. The molecular formula is C18H30O3. The Labute approximate surface area is 128 Å². The number of aliphatic hydroxyl groups excluding tert-OH is 1. The number of allylic oxidation sites excluding steroid dienone is 1. The van der Waals surface area contributed by atoms with E-state index in [0.29, 0.717) is 5.92 Å². The van der Waals surface area contributed by atoms with Crippen LogP contribution >= 0.6 is 0 Å². The lowest BCUT2D eigenvalue weighted by atomic mass is 9.69. The number of ether oxygens (including phenoxy) is 2. The van der Waals surface area contributed by atoms with Crippen LogP contribution in [0.25, 0.3) is 0 Å². The fraction of sp³-hybridized carbons (Fsp3) is 0.889. The monoisotopic (exact) mass is 294 g/mol. The van der Waals surface area contributed by atoms with Crippen LogP contribution < -0.4 is 0 Å². The van der Waals surface area contributed by atoms with Crippen molar-refractivity contribution in [2.24, 2.45) is 16.7 Å². The van der Waals surface area contributed by atoms with Crippen molar-refractivity contribution in [1.29, 1.82) is 0 Å². The Morgan fingerprint density at radius 1 is 1.33 bits per heavy atom. The first-order valence-electron chi connectivity index (χ1n) is 8.58. The van der Waals surface area contributed by atoms with Crippen molar-refractivity contribution < 1.29 is 14.6 Å². The van der Waals surface area contributed by atoms with E-state index in [-0.39, 0.29) is 29.8 Å². The van der Waals surface area contributed by atoms with Crippen molar-refractivity contribution >= 4 is 0 Å². The smallest absolute Gasteiger partial charge is 0.157 e. The molecule has 120 valence electrons. The predicted octanol–water partition coefficient (Wildman–Crippen LogP) is 3.66. The second-order valence-corrected chi connectivity index (χ2v) is 7.76. The second kappa shape index (κ2) is 5.68. The molecule has 1 N–H and O–H groups in total. The van der Waals surface area contributed by atoms with E-state index in [4.69, 9.17) is 14.6 Å². The third-order valence-electron chi connectivity index (χ3n) is 6.39. The van der Waals surface area contributed by atoms with E-state index in [2.05, 4.69) is 26.8 Å². The van der Waals surface area contributed by atoms with Crippen molar-refractivity contribution in [3.63, 3.8) is 0 Å². The zero-order valence-corrected chi connectivity index (χ0v) is 13.7. The average Bonchev–Trinajstić information content (AvgIpc) is 2.77. The van der Waals surface area contributed by atoms with Gasteiger partial charge in [0.1, 0.15) is 0 Å². The molecular weight excluding hydrogens is 264 g/mol. The van der Waals surface area contributed by atoms with Gasteiger partial charge in [0.15, 0.2) is 6.29 Å². The van der Waals surface area contributed by atoms with Gasteiger partial charge in [-0.3, -0.25) is 0 Å². The Kier molecular flexibility index (Phi) is 4.19. The molecule has 3 aliphatic rings. The first-order chi connectivity index (χ1) is 9.99. The minimum Gasteiger partial charge on any atom is -0.396 e. The van der Waals surface area contributed by atoms with Gasteiger partial charge < -0.3 is 14.6 Å². The van der Waals surface area contributed by atoms with Crippen molar-refractivity contribution in [2.45, 2.75) is 71.7 Å². The van der Waals surface area contributed by atoms with E-state index >= 15 is 0 Å². The lowest BCUT2D eigenvalue weighted by molar-refractivity contribution is -0.205. The summed E-state index contributed by atoms with van der Waals surface area (Å²) in [5.74, 6) is 0.600. The van der Waals surface area contributed by atoms with Gasteiger partial charge in [0.25, 0.3) is 0 Å². The summed E-state index contributed by atoms with van der Waals surface area (Å²) < 4.78 is 12.1. The summed E-state index contributed by atoms with van der Waals surface area (Å²) in [6, 6.07) is 0. The van der Waals surface area contributed by atoms with E-state index in [0.717, 1.165) is 32.3 Å². The summed E-state index contributed by atoms with van der Waals surface area (Å²) in [6.45, 7) is 8.25. The SMILES string of the molecule is CC1(C)[C@@H]2C[C@@H](OC3CCCCO3)[C@@]1(C)C=C2CCCO. The van der Waals surface area contributed by atoms with E-state index in [1.807, 2.05) is 0 Å². The Morgan fingerprint density at radius 2 is 2.14 bits per heavy atom. The largest absolute Gasteiger partial charge is 0.396 e. The highest BCUT2D eigenvalue weighted by Gasteiger charge is 2.62. The molecule has 1 saturated carbocycles. The van der Waals surface area contributed by atoms with Crippen molar-refractivity contribution in [3.05, 3.63) is 11.6 Å². The second-order valence-electron chi connectivity index (χ2n) is 7.76. The molecule has 0 aromatic heterocycles. The highest BCUT2D eigenvalue weighted by Crippen LogP contribution is 2.66. The van der Waals surface area contributed by atoms with Crippen molar-refractivity contribution in [2.75, 3.05) is 13.2 Å². The number of fused-ring (bicyclic) bond motifs is 2. The maximum absolute atomic E-state index is 9.09. The lowest BCUT2D eigenvalue weighted by Crippen LogP contribution is -2.39. The van der Waals surface area contributed by atoms with E-state index in [9.17, 15) is 0 Å². The molecule has 2 fully saturated rings. The van der Waals surface area contributed by atoms with Gasteiger partial charge in [-0.2, -0.15) is 0 Å². The molecule has 0 aromatic carbocycles. The van der Waals surface area contributed by atoms with Crippen molar-refractivity contribution in [1.82, 2.24) is 0 Å². The third-order valence-corrected chi connectivity index (χ3v) is 6.39. The van der Waals surface area contributed by atoms with Crippen LogP contribution in [0.4, 0.5) is 0 Å². The Hall–Kier alpha value is -0.380. The van der Waals surface area contributed by atoms with Gasteiger partial charge in [-0.05, 0) is 49.9 Å². The quantitative estimate of drug-likeness (QED) is 0.786. The molecule has 0 aromatic rings. The fourth-order valence-electron chi connectivity index (χ4n) is 4.65. The van der Waals surface area contributed by atoms with E-state index in [1.54, 1.807) is 5.57 Å². The average molecular weight is 294 g/mol. The fourth-order valence-corrected chi connectivity index (χ4v) is 4.65. The molecule has 4 atom stereocenters.